The Morgan fingerprint density at radius 2 is 2.00 bits per heavy atom. The van der Waals surface area contributed by atoms with E-state index < -0.39 is 9.84 Å². The van der Waals surface area contributed by atoms with Gasteiger partial charge in [0.1, 0.15) is 11.6 Å². The molecule has 1 aromatic carbocycles. The monoisotopic (exact) mass is 374 g/mol. The fourth-order valence-electron chi connectivity index (χ4n) is 3.03. The van der Waals surface area contributed by atoms with Gasteiger partial charge in [-0.05, 0) is 19.8 Å². The molecular weight excluding hydrogens is 348 g/mol. The summed E-state index contributed by atoms with van der Waals surface area (Å²) < 4.78 is 23.7. The summed E-state index contributed by atoms with van der Waals surface area (Å²) in [6.07, 6.45) is 1.62. The second-order valence-electron chi connectivity index (χ2n) is 6.92. The van der Waals surface area contributed by atoms with E-state index in [1.807, 2.05) is 48.3 Å². The summed E-state index contributed by atoms with van der Waals surface area (Å²) in [7, 11) is -1.03. The lowest BCUT2D eigenvalue weighted by Gasteiger charge is -2.25. The summed E-state index contributed by atoms with van der Waals surface area (Å²) in [5, 5.41) is 3.41. The predicted octanol–water partition coefficient (Wildman–Crippen LogP) is 2.98. The van der Waals surface area contributed by atoms with Crippen molar-refractivity contribution >= 4 is 21.5 Å². The van der Waals surface area contributed by atoms with Gasteiger partial charge in [0.05, 0.1) is 11.5 Å². The quantitative estimate of drug-likeness (QED) is 0.838. The van der Waals surface area contributed by atoms with Gasteiger partial charge in [0.15, 0.2) is 15.7 Å². The average molecular weight is 375 g/mol. The lowest BCUT2D eigenvalue weighted by Crippen LogP contribution is -2.33. The van der Waals surface area contributed by atoms with Crippen molar-refractivity contribution in [2.75, 3.05) is 28.8 Å². The van der Waals surface area contributed by atoms with Crippen LogP contribution in [0.15, 0.2) is 36.4 Å². The molecule has 6 nitrogen and oxygen atoms in total. The lowest BCUT2D eigenvalue weighted by molar-refractivity contribution is 0.600. The maximum atomic E-state index is 11.8. The maximum Gasteiger partial charge on any atom is 0.163 e. The van der Waals surface area contributed by atoms with Crippen LogP contribution in [0, 0.1) is 0 Å². The molecule has 2 heterocycles. The van der Waals surface area contributed by atoms with Crippen molar-refractivity contribution < 1.29 is 8.42 Å². The predicted molar refractivity (Wildman–Crippen MR) is 106 cm³/mol. The van der Waals surface area contributed by atoms with E-state index in [1.54, 1.807) is 0 Å². The van der Waals surface area contributed by atoms with Crippen molar-refractivity contribution in [3.8, 4) is 11.4 Å². The Morgan fingerprint density at radius 1 is 1.27 bits per heavy atom. The normalized spacial score (nSPS) is 19.9. The van der Waals surface area contributed by atoms with Gasteiger partial charge in [-0.3, -0.25) is 0 Å². The summed E-state index contributed by atoms with van der Waals surface area (Å²) in [4.78, 5) is 11.3. The molecule has 140 valence electrons. The summed E-state index contributed by atoms with van der Waals surface area (Å²) >= 11 is 0. The number of rotatable bonds is 6. The van der Waals surface area contributed by atoms with Gasteiger partial charge in [-0.15, -0.1) is 0 Å². The SMILES string of the molecule is CCC(C)Nc1cc(N(C)C2CCS(=O)(=O)C2)nc(-c2ccccc2)n1. The van der Waals surface area contributed by atoms with Crippen LogP contribution in [0.2, 0.25) is 0 Å². The highest BCUT2D eigenvalue weighted by molar-refractivity contribution is 7.91. The van der Waals surface area contributed by atoms with Gasteiger partial charge < -0.3 is 10.2 Å². The molecule has 1 aliphatic rings. The Bertz CT molecular complexity index is 855. The molecule has 26 heavy (non-hydrogen) atoms. The van der Waals surface area contributed by atoms with Crippen molar-refractivity contribution in [2.24, 2.45) is 0 Å². The second-order valence-corrected chi connectivity index (χ2v) is 9.15. The molecule has 1 fully saturated rings. The number of sulfone groups is 1. The van der Waals surface area contributed by atoms with Crippen molar-refractivity contribution in [3.63, 3.8) is 0 Å². The summed E-state index contributed by atoms with van der Waals surface area (Å²) in [6, 6.07) is 12.0. The first-order valence-electron chi connectivity index (χ1n) is 9.02. The first-order valence-corrected chi connectivity index (χ1v) is 10.8. The van der Waals surface area contributed by atoms with Crippen molar-refractivity contribution in [1.82, 2.24) is 9.97 Å². The Hall–Kier alpha value is -2.15. The highest BCUT2D eigenvalue weighted by Gasteiger charge is 2.31. The fourth-order valence-corrected chi connectivity index (χ4v) is 4.80. The molecule has 2 aromatic rings. The first kappa shape index (κ1) is 18.6. The Morgan fingerprint density at radius 3 is 2.62 bits per heavy atom. The number of nitrogens with zero attached hydrogens (tertiary/aromatic N) is 3. The van der Waals surface area contributed by atoms with Crippen LogP contribution in [-0.2, 0) is 9.84 Å². The highest BCUT2D eigenvalue weighted by atomic mass is 32.2. The minimum Gasteiger partial charge on any atom is -0.367 e. The Balaban J connectivity index is 1.96. The van der Waals surface area contributed by atoms with E-state index in [4.69, 9.17) is 4.98 Å². The number of anilines is 2. The zero-order chi connectivity index (χ0) is 18.7. The number of nitrogens with one attached hydrogen (secondary N) is 1. The van der Waals surface area contributed by atoms with Crippen molar-refractivity contribution in [2.45, 2.75) is 38.8 Å². The van der Waals surface area contributed by atoms with Crippen LogP contribution in [0.5, 0.6) is 0 Å². The van der Waals surface area contributed by atoms with Crippen LogP contribution >= 0.6 is 0 Å². The van der Waals surface area contributed by atoms with Crippen LogP contribution in [0.4, 0.5) is 11.6 Å². The minimum absolute atomic E-state index is 0.0463. The van der Waals surface area contributed by atoms with Crippen LogP contribution < -0.4 is 10.2 Å². The lowest BCUT2D eigenvalue weighted by atomic mass is 10.2. The van der Waals surface area contributed by atoms with Crippen molar-refractivity contribution in [3.05, 3.63) is 36.4 Å². The van der Waals surface area contributed by atoms with Gasteiger partial charge in [0, 0.05) is 30.8 Å². The van der Waals surface area contributed by atoms with E-state index in [1.165, 1.54) is 0 Å². The van der Waals surface area contributed by atoms with Crippen LogP contribution in [-0.4, -0.2) is 49.0 Å². The molecule has 2 unspecified atom stereocenters. The minimum atomic E-state index is -2.94. The molecular formula is C19H26N4O2S. The molecule has 1 N–H and O–H groups in total. The molecule has 7 heteroatoms. The number of hydrogen-bond donors (Lipinski definition) is 1. The van der Waals surface area contributed by atoms with Gasteiger partial charge in [0.25, 0.3) is 0 Å². The first-order chi connectivity index (χ1) is 12.4. The molecule has 0 spiro atoms. The van der Waals surface area contributed by atoms with Gasteiger partial charge >= 0.3 is 0 Å². The van der Waals surface area contributed by atoms with Gasteiger partial charge in [-0.2, -0.15) is 0 Å². The third-order valence-electron chi connectivity index (χ3n) is 4.87. The standard InChI is InChI=1S/C19H26N4O2S/c1-4-14(2)20-17-12-18(23(3)16-10-11-26(24,25)13-16)22-19(21-17)15-8-6-5-7-9-15/h5-9,12,14,16H,4,10-11,13H2,1-3H3,(H,20,21,22). The molecule has 0 amide bonds. The molecule has 1 aromatic heterocycles. The smallest absolute Gasteiger partial charge is 0.163 e. The van der Waals surface area contributed by atoms with Gasteiger partial charge in [-0.25, -0.2) is 18.4 Å². The zero-order valence-corrected chi connectivity index (χ0v) is 16.3. The average Bonchev–Trinajstić information content (AvgIpc) is 3.01. The molecule has 0 bridgehead atoms. The van der Waals surface area contributed by atoms with E-state index in [9.17, 15) is 8.42 Å². The molecule has 2 atom stereocenters. The molecule has 0 radical (unpaired) electrons. The molecule has 1 aliphatic heterocycles. The van der Waals surface area contributed by atoms with Crippen LogP contribution in [0.1, 0.15) is 26.7 Å². The summed E-state index contributed by atoms with van der Waals surface area (Å²) in [5.74, 6) is 2.57. The maximum absolute atomic E-state index is 11.8. The van der Waals surface area contributed by atoms with E-state index in [-0.39, 0.29) is 17.5 Å². The van der Waals surface area contributed by atoms with E-state index >= 15 is 0 Å². The second kappa shape index (κ2) is 7.61. The van der Waals surface area contributed by atoms with Crippen molar-refractivity contribution in [1.29, 1.82) is 0 Å². The molecule has 3 rings (SSSR count). The van der Waals surface area contributed by atoms with Gasteiger partial charge in [-0.1, -0.05) is 37.3 Å². The Labute approximate surface area is 155 Å². The number of benzene rings is 1. The van der Waals surface area contributed by atoms with E-state index in [2.05, 4.69) is 24.1 Å². The summed E-state index contributed by atoms with van der Waals surface area (Å²) in [5.41, 5.74) is 0.939. The molecule has 0 saturated carbocycles. The third kappa shape index (κ3) is 4.33. The van der Waals surface area contributed by atoms with Gasteiger partial charge in [0.2, 0.25) is 0 Å². The fraction of sp³-hybridized carbons (Fsp3) is 0.474. The van der Waals surface area contributed by atoms with Crippen LogP contribution in [0.3, 0.4) is 0 Å². The summed E-state index contributed by atoms with van der Waals surface area (Å²) in [6.45, 7) is 4.23. The molecule has 1 saturated heterocycles. The largest absolute Gasteiger partial charge is 0.367 e. The Kier molecular flexibility index (Phi) is 5.46. The van der Waals surface area contributed by atoms with E-state index in [0.29, 0.717) is 18.3 Å². The van der Waals surface area contributed by atoms with E-state index in [0.717, 1.165) is 23.6 Å². The third-order valence-corrected chi connectivity index (χ3v) is 6.62. The van der Waals surface area contributed by atoms with Crippen LogP contribution in [0.25, 0.3) is 11.4 Å². The number of hydrogen-bond acceptors (Lipinski definition) is 6. The highest BCUT2D eigenvalue weighted by Crippen LogP contribution is 2.26. The zero-order valence-electron chi connectivity index (χ0n) is 15.5. The molecule has 0 aliphatic carbocycles. The number of aromatic nitrogens is 2. The topological polar surface area (TPSA) is 75.2 Å².